The van der Waals surface area contributed by atoms with Crippen molar-refractivity contribution in [2.45, 2.75) is 90.6 Å². The van der Waals surface area contributed by atoms with E-state index < -0.39 is 23.7 Å². The van der Waals surface area contributed by atoms with Gasteiger partial charge in [-0.3, -0.25) is 33.8 Å². The van der Waals surface area contributed by atoms with Crippen molar-refractivity contribution in [2.75, 3.05) is 31.1 Å². The topological polar surface area (TPSA) is 131 Å². The van der Waals surface area contributed by atoms with Crippen molar-refractivity contribution in [3.8, 4) is 23.7 Å². The molecule has 0 N–H and O–H groups in total. The predicted molar refractivity (Wildman–Crippen MR) is 220 cm³/mol. The predicted octanol–water partition coefficient (Wildman–Crippen LogP) is 6.43. The van der Waals surface area contributed by atoms with Gasteiger partial charge in [0.2, 0.25) is 0 Å². The number of ketones is 2. The zero-order valence-corrected chi connectivity index (χ0v) is 34.8. The van der Waals surface area contributed by atoms with Gasteiger partial charge in [0.1, 0.15) is 29.5 Å². The van der Waals surface area contributed by atoms with Crippen LogP contribution in [0.2, 0.25) is 5.02 Å². The SMILES string of the molecule is CC1(C)[C@H](Oc2ccc(C#N)c(Cl)c2)C(C)(C)[C@H]1N1Cc2cc(C#CC3CN(C4CN(c5cc6c(cc5F)C(=O)N(C5CCC(=O)CCCC5=O)C6=O)C4)C3)ccc2C1=O. The molecule has 0 spiro atoms. The number of halogens is 2. The van der Waals surface area contributed by atoms with Gasteiger partial charge in [-0.05, 0) is 60.9 Å². The van der Waals surface area contributed by atoms with Crippen LogP contribution in [0.25, 0.3) is 0 Å². The van der Waals surface area contributed by atoms with Crippen LogP contribution in [-0.4, -0.2) is 94.4 Å². The Kier molecular flexibility index (Phi) is 9.68. The number of Topliss-reactive ketones (excluding diaryl/α,β-unsaturated/α-hetero) is 2. The second kappa shape index (κ2) is 14.6. The molecule has 1 unspecified atom stereocenters. The van der Waals surface area contributed by atoms with E-state index in [0.29, 0.717) is 54.4 Å². The fourth-order valence-electron chi connectivity index (χ4n) is 10.9. The third kappa shape index (κ3) is 6.47. The number of amides is 3. The number of benzene rings is 3. The van der Waals surface area contributed by atoms with Crippen molar-refractivity contribution >= 4 is 46.6 Å². The van der Waals surface area contributed by atoms with Gasteiger partial charge in [-0.2, -0.15) is 5.26 Å². The zero-order chi connectivity index (χ0) is 42.4. The molecule has 308 valence electrons. The minimum atomic E-state index is -1.02. The van der Waals surface area contributed by atoms with E-state index in [1.165, 1.54) is 6.07 Å². The second-order valence-corrected chi connectivity index (χ2v) is 18.7. The van der Waals surface area contributed by atoms with E-state index in [1.54, 1.807) is 18.2 Å². The number of anilines is 1. The van der Waals surface area contributed by atoms with E-state index in [1.807, 2.05) is 28.0 Å². The summed E-state index contributed by atoms with van der Waals surface area (Å²) in [5.74, 6) is 5.35. The average molecular weight is 830 g/mol. The number of ether oxygens (including phenoxy) is 1. The molecule has 4 aliphatic heterocycles. The lowest BCUT2D eigenvalue weighted by atomic mass is 9.49. The van der Waals surface area contributed by atoms with Gasteiger partial charge in [-0.25, -0.2) is 4.39 Å². The molecule has 4 heterocycles. The Morgan fingerprint density at radius 3 is 2.25 bits per heavy atom. The first-order valence-electron chi connectivity index (χ1n) is 20.6. The van der Waals surface area contributed by atoms with Crippen LogP contribution in [0.5, 0.6) is 5.75 Å². The molecule has 2 saturated heterocycles. The Morgan fingerprint density at radius 1 is 0.833 bits per heavy atom. The molecule has 9 rings (SSSR count). The number of hydrogen-bond donors (Lipinski definition) is 0. The molecule has 2 aliphatic carbocycles. The molecule has 6 aliphatic rings. The van der Waals surface area contributed by atoms with E-state index in [4.69, 9.17) is 16.3 Å². The van der Waals surface area contributed by atoms with Crippen molar-refractivity contribution in [1.82, 2.24) is 14.7 Å². The molecule has 4 fully saturated rings. The van der Waals surface area contributed by atoms with Gasteiger partial charge < -0.3 is 14.5 Å². The van der Waals surface area contributed by atoms with Crippen molar-refractivity contribution in [3.63, 3.8) is 0 Å². The smallest absolute Gasteiger partial charge is 0.262 e. The molecule has 3 amide bonds. The van der Waals surface area contributed by atoms with E-state index in [-0.39, 0.29) is 88.5 Å². The minimum Gasteiger partial charge on any atom is -0.489 e. The normalized spacial score (nSPS) is 25.0. The lowest BCUT2D eigenvalue weighted by molar-refractivity contribution is -0.199. The van der Waals surface area contributed by atoms with Crippen LogP contribution in [0.15, 0.2) is 48.5 Å². The Morgan fingerprint density at radius 2 is 1.55 bits per heavy atom. The molecule has 11 nitrogen and oxygen atoms in total. The molecule has 0 bridgehead atoms. The summed E-state index contributed by atoms with van der Waals surface area (Å²) in [6, 6.07) is 14.6. The Balaban J connectivity index is 0.792. The number of nitriles is 1. The monoisotopic (exact) mass is 829 g/mol. The van der Waals surface area contributed by atoms with Crippen LogP contribution in [-0.2, 0) is 16.1 Å². The summed E-state index contributed by atoms with van der Waals surface area (Å²) in [6.07, 6.45) is 0.842. The van der Waals surface area contributed by atoms with Gasteiger partial charge in [0.25, 0.3) is 17.7 Å². The zero-order valence-electron chi connectivity index (χ0n) is 34.0. The summed E-state index contributed by atoms with van der Waals surface area (Å²) in [5, 5.41) is 9.60. The summed E-state index contributed by atoms with van der Waals surface area (Å²) in [4.78, 5) is 72.6. The first kappa shape index (κ1) is 39.9. The highest BCUT2D eigenvalue weighted by Crippen LogP contribution is 2.59. The highest BCUT2D eigenvalue weighted by atomic mass is 35.5. The maximum atomic E-state index is 15.4. The number of nitrogens with zero attached hydrogens (tertiary/aromatic N) is 5. The molecular formula is C47H45ClFN5O6. The average Bonchev–Trinajstić information content (AvgIpc) is 3.59. The fraction of sp³-hybridized carbons (Fsp3) is 0.447. The molecular weight excluding hydrogens is 785 g/mol. The summed E-state index contributed by atoms with van der Waals surface area (Å²) >= 11 is 6.28. The van der Waals surface area contributed by atoms with E-state index in [2.05, 4.69) is 50.5 Å². The van der Waals surface area contributed by atoms with Gasteiger partial charge in [0.05, 0.1) is 33.4 Å². The molecule has 0 radical (unpaired) electrons. The first-order chi connectivity index (χ1) is 28.6. The number of imide groups is 1. The van der Waals surface area contributed by atoms with Crippen LogP contribution in [0.1, 0.15) is 108 Å². The fourth-order valence-corrected chi connectivity index (χ4v) is 11.1. The molecule has 13 heteroatoms. The Hall–Kier alpha value is -5.56. The van der Waals surface area contributed by atoms with Gasteiger partial charge in [0.15, 0.2) is 5.78 Å². The highest BCUT2D eigenvalue weighted by Gasteiger charge is 2.67. The summed E-state index contributed by atoms with van der Waals surface area (Å²) in [5.41, 5.74) is 2.45. The standard InChI is InChI=1S/C47H45ClFN5O6/c1-46(2)44(47(3,4)45(46)60-32-13-11-28(20-50)36(48)17-32)53-23-29-16-26(10-14-33(29)41(53)57)8-9-27-21-51(22-27)30-24-52(25-30)39-19-35-34(18-37(39)49)42(58)54(43(35)59)38-15-12-31(55)6-5-7-40(38)56/h10-11,13-14,16-19,27,30,38,44-45H,5-7,12,15,21-25H2,1-4H3/t38?,44-,45-. The van der Waals surface area contributed by atoms with Gasteiger partial charge in [0, 0.05) is 98.0 Å². The molecule has 1 atom stereocenters. The van der Waals surface area contributed by atoms with Crippen molar-refractivity contribution in [2.24, 2.45) is 16.7 Å². The van der Waals surface area contributed by atoms with E-state index in [9.17, 15) is 29.2 Å². The van der Waals surface area contributed by atoms with Crippen LogP contribution < -0.4 is 9.64 Å². The summed E-state index contributed by atoms with van der Waals surface area (Å²) < 4.78 is 21.9. The van der Waals surface area contributed by atoms with Crippen LogP contribution in [0.3, 0.4) is 0 Å². The largest absolute Gasteiger partial charge is 0.489 e. The van der Waals surface area contributed by atoms with Crippen LogP contribution in [0, 0.1) is 45.7 Å². The number of carbonyl (C=O) groups excluding carboxylic acids is 5. The maximum Gasteiger partial charge on any atom is 0.262 e. The lowest BCUT2D eigenvalue weighted by Gasteiger charge is -2.65. The van der Waals surface area contributed by atoms with Crippen LogP contribution >= 0.6 is 11.6 Å². The third-order valence-corrected chi connectivity index (χ3v) is 13.9. The first-order valence-corrected chi connectivity index (χ1v) is 21.0. The van der Waals surface area contributed by atoms with Crippen LogP contribution in [0.4, 0.5) is 10.1 Å². The second-order valence-electron chi connectivity index (χ2n) is 18.3. The molecule has 3 aromatic rings. The molecule has 3 aromatic carbocycles. The maximum absolute atomic E-state index is 15.4. The number of fused-ring (bicyclic) bond motifs is 2. The Bertz CT molecular complexity index is 2490. The Labute approximate surface area is 353 Å². The number of carbonyl (C=O) groups is 5. The molecule has 0 aromatic heterocycles. The lowest BCUT2D eigenvalue weighted by Crippen LogP contribution is -2.74. The van der Waals surface area contributed by atoms with Gasteiger partial charge in [-0.15, -0.1) is 0 Å². The van der Waals surface area contributed by atoms with Gasteiger partial charge >= 0.3 is 0 Å². The van der Waals surface area contributed by atoms with E-state index in [0.717, 1.165) is 35.2 Å². The number of hydrogen-bond acceptors (Lipinski definition) is 9. The van der Waals surface area contributed by atoms with Gasteiger partial charge in [-0.1, -0.05) is 51.1 Å². The molecule has 60 heavy (non-hydrogen) atoms. The van der Waals surface area contributed by atoms with Crippen molar-refractivity contribution in [1.29, 1.82) is 5.26 Å². The summed E-state index contributed by atoms with van der Waals surface area (Å²) in [6.45, 7) is 11.6. The van der Waals surface area contributed by atoms with E-state index >= 15 is 4.39 Å². The highest BCUT2D eigenvalue weighted by molar-refractivity contribution is 6.31. The summed E-state index contributed by atoms with van der Waals surface area (Å²) in [7, 11) is 0. The minimum absolute atomic E-state index is 0.00178. The molecule has 2 saturated carbocycles. The third-order valence-electron chi connectivity index (χ3n) is 13.6. The number of likely N-dealkylation sites (tertiary alicyclic amines) is 1. The number of rotatable bonds is 6. The van der Waals surface area contributed by atoms with Crippen molar-refractivity contribution < 1.29 is 33.1 Å². The van der Waals surface area contributed by atoms with Crippen molar-refractivity contribution in [3.05, 3.63) is 92.8 Å². The quantitative estimate of drug-likeness (QED) is 0.204.